The highest BCUT2D eigenvalue weighted by Gasteiger charge is 2.37. The van der Waals surface area contributed by atoms with Crippen LogP contribution >= 0.6 is 0 Å². The van der Waals surface area contributed by atoms with Crippen molar-refractivity contribution in [3.05, 3.63) is 107 Å². The highest BCUT2D eigenvalue weighted by atomic mass is 19.3. The molecule has 5 rings (SSSR count). The smallest absolute Gasteiger partial charge is 0.298 e. The number of hydrogen-bond donors (Lipinski definition) is 1. The molecular weight excluding hydrogens is 504 g/mol. The van der Waals surface area contributed by atoms with Crippen LogP contribution in [-0.4, -0.2) is 35.2 Å². The maximum absolute atomic E-state index is 15.0. The molecule has 1 aliphatic heterocycles. The van der Waals surface area contributed by atoms with Gasteiger partial charge in [0.1, 0.15) is 17.5 Å². The molecule has 1 aliphatic rings. The second kappa shape index (κ2) is 10.0. The van der Waals surface area contributed by atoms with Crippen LogP contribution in [-0.2, 0) is 5.92 Å². The molecule has 0 fully saturated rings. The van der Waals surface area contributed by atoms with Gasteiger partial charge in [-0.15, -0.1) is 0 Å². The second-order valence-electron chi connectivity index (χ2n) is 9.08. The number of nitriles is 1. The third-order valence-corrected chi connectivity index (χ3v) is 6.61. The van der Waals surface area contributed by atoms with Gasteiger partial charge in [-0.1, -0.05) is 42.5 Å². The van der Waals surface area contributed by atoms with E-state index in [9.17, 15) is 14.9 Å². The Labute approximate surface area is 223 Å². The Balaban J connectivity index is 1.41. The van der Waals surface area contributed by atoms with Gasteiger partial charge in [0.15, 0.2) is 0 Å². The molecule has 3 aromatic carbocycles. The zero-order valence-electron chi connectivity index (χ0n) is 21.1. The third kappa shape index (κ3) is 4.59. The molecule has 0 saturated carbocycles. The van der Waals surface area contributed by atoms with Gasteiger partial charge in [0, 0.05) is 29.0 Å². The average Bonchev–Trinajstić information content (AvgIpc) is 3.42. The van der Waals surface area contributed by atoms with Crippen LogP contribution in [0.1, 0.15) is 50.5 Å². The lowest BCUT2D eigenvalue weighted by atomic mass is 10.00. The van der Waals surface area contributed by atoms with Gasteiger partial charge in [-0.3, -0.25) is 14.3 Å². The van der Waals surface area contributed by atoms with Crippen molar-refractivity contribution in [1.82, 2.24) is 9.78 Å². The monoisotopic (exact) mass is 527 g/mol. The van der Waals surface area contributed by atoms with E-state index >= 15 is 8.78 Å². The number of halogens is 2. The molecular formula is C29H23F2N5O3. The number of hydrogen-bond acceptors (Lipinski definition) is 5. The minimum absolute atomic E-state index is 0.0538. The van der Waals surface area contributed by atoms with Crippen LogP contribution in [0, 0.1) is 11.3 Å². The number of nitrogens with one attached hydrogen (secondary N) is 1. The lowest BCUT2D eigenvalue weighted by Crippen LogP contribution is -2.43. The van der Waals surface area contributed by atoms with Gasteiger partial charge in [0.25, 0.3) is 17.7 Å². The van der Waals surface area contributed by atoms with Gasteiger partial charge in [-0.25, -0.2) is 0 Å². The Kier molecular flexibility index (Phi) is 6.58. The van der Waals surface area contributed by atoms with Crippen molar-refractivity contribution in [2.75, 3.05) is 23.9 Å². The van der Waals surface area contributed by atoms with Crippen LogP contribution in [0.25, 0.3) is 0 Å². The molecule has 0 bridgehead atoms. The Morgan fingerprint density at radius 2 is 1.79 bits per heavy atom. The number of carbonyl (C=O) groups is 2. The van der Waals surface area contributed by atoms with E-state index in [0.717, 1.165) is 0 Å². The van der Waals surface area contributed by atoms with Crippen molar-refractivity contribution in [3.8, 4) is 11.8 Å². The molecule has 39 heavy (non-hydrogen) atoms. The average molecular weight is 528 g/mol. The highest BCUT2D eigenvalue weighted by molar-refractivity contribution is 6.15. The molecule has 1 atom stereocenters. The van der Waals surface area contributed by atoms with Gasteiger partial charge in [0.2, 0.25) is 0 Å². The minimum atomic E-state index is -3.20. The summed E-state index contributed by atoms with van der Waals surface area (Å²) in [7, 11) is 1.44. The molecule has 0 spiro atoms. The van der Waals surface area contributed by atoms with Crippen LogP contribution in [0.15, 0.2) is 79.0 Å². The largest absolute Gasteiger partial charge is 0.495 e. The number of methoxy groups -OCH3 is 1. The summed E-state index contributed by atoms with van der Waals surface area (Å²) < 4.78 is 36.6. The third-order valence-electron chi connectivity index (χ3n) is 6.61. The topological polar surface area (TPSA) is 100 Å². The molecule has 0 radical (unpaired) electrons. The maximum atomic E-state index is 15.0. The summed E-state index contributed by atoms with van der Waals surface area (Å²) in [6.45, 7) is 2.09. The first-order valence-corrected chi connectivity index (χ1v) is 12.1. The molecule has 1 aromatic heterocycles. The standard InChI is InChI=1S/C29H23F2N5O3/c1-18-17-35(23-11-8-21(9-12-23)29(30,31)20-6-4-3-5-7-20)28(38)26-24(16-33-36(18)26)27(37)34-22-10-13-25(39-2)19(14-22)15-32/h3-14,16,18H,17H2,1-2H3,(H,34,37)/t18-/m0/s1. The molecule has 196 valence electrons. The number of aromatic nitrogens is 2. The van der Waals surface area contributed by atoms with E-state index < -0.39 is 17.7 Å². The van der Waals surface area contributed by atoms with Gasteiger partial charge >= 0.3 is 0 Å². The lowest BCUT2D eigenvalue weighted by molar-refractivity contribution is 0.0428. The number of fused-ring (bicyclic) bond motifs is 1. The summed E-state index contributed by atoms with van der Waals surface area (Å²) in [5.41, 5.74) is 0.823. The van der Waals surface area contributed by atoms with E-state index in [0.29, 0.717) is 17.1 Å². The normalized spacial score (nSPS) is 14.9. The molecule has 1 N–H and O–H groups in total. The number of alkyl halides is 2. The van der Waals surface area contributed by atoms with Crippen molar-refractivity contribution in [2.24, 2.45) is 0 Å². The second-order valence-corrected chi connectivity index (χ2v) is 9.08. The zero-order chi connectivity index (χ0) is 27.7. The van der Waals surface area contributed by atoms with Crippen LogP contribution < -0.4 is 15.0 Å². The van der Waals surface area contributed by atoms with Gasteiger partial charge in [-0.05, 0) is 37.3 Å². The molecule has 2 amide bonds. The Hall–Kier alpha value is -5.04. The van der Waals surface area contributed by atoms with Crippen LogP contribution in [0.4, 0.5) is 20.2 Å². The number of benzene rings is 3. The van der Waals surface area contributed by atoms with E-state index in [-0.39, 0.29) is 40.5 Å². The van der Waals surface area contributed by atoms with E-state index in [4.69, 9.17) is 4.74 Å². The summed E-state index contributed by atoms with van der Waals surface area (Å²) in [6, 6.07) is 19.4. The maximum Gasteiger partial charge on any atom is 0.298 e. The van der Waals surface area contributed by atoms with Crippen molar-refractivity contribution >= 4 is 23.2 Å². The first-order chi connectivity index (χ1) is 18.7. The van der Waals surface area contributed by atoms with E-state index in [1.54, 1.807) is 30.3 Å². The van der Waals surface area contributed by atoms with Crippen molar-refractivity contribution < 1.29 is 23.1 Å². The van der Waals surface area contributed by atoms with Crippen molar-refractivity contribution in [3.63, 3.8) is 0 Å². The lowest BCUT2D eigenvalue weighted by Gasteiger charge is -2.32. The fourth-order valence-corrected chi connectivity index (χ4v) is 4.59. The summed E-state index contributed by atoms with van der Waals surface area (Å²) >= 11 is 0. The molecule has 0 saturated heterocycles. The minimum Gasteiger partial charge on any atom is -0.495 e. The predicted octanol–water partition coefficient (Wildman–Crippen LogP) is 5.38. The summed E-state index contributed by atoms with van der Waals surface area (Å²) in [4.78, 5) is 28.2. The van der Waals surface area contributed by atoms with Crippen LogP contribution in [0.3, 0.4) is 0 Å². The number of rotatable bonds is 6. The number of nitrogens with zero attached hydrogens (tertiary/aromatic N) is 4. The van der Waals surface area contributed by atoms with E-state index in [1.165, 1.54) is 65.4 Å². The summed E-state index contributed by atoms with van der Waals surface area (Å²) in [6.07, 6.45) is 1.32. The molecule has 0 aliphatic carbocycles. The number of anilines is 2. The summed E-state index contributed by atoms with van der Waals surface area (Å²) in [5, 5.41) is 16.3. The SMILES string of the molecule is COc1ccc(NC(=O)c2cnn3c2C(=O)N(c2ccc(C(F)(F)c4ccccc4)cc2)C[C@@H]3C)cc1C#N. The molecule has 4 aromatic rings. The molecule has 0 unspecified atom stereocenters. The fraction of sp³-hybridized carbons (Fsp3) is 0.172. The van der Waals surface area contributed by atoms with E-state index in [2.05, 4.69) is 10.4 Å². The van der Waals surface area contributed by atoms with E-state index in [1.807, 2.05) is 13.0 Å². The van der Waals surface area contributed by atoms with Crippen molar-refractivity contribution in [2.45, 2.75) is 18.9 Å². The first-order valence-electron chi connectivity index (χ1n) is 12.1. The van der Waals surface area contributed by atoms with Crippen LogP contribution in [0.2, 0.25) is 0 Å². The predicted molar refractivity (Wildman–Crippen MR) is 140 cm³/mol. The molecule has 10 heteroatoms. The number of amides is 2. The Morgan fingerprint density at radius 3 is 2.46 bits per heavy atom. The number of carbonyl (C=O) groups excluding carboxylic acids is 2. The Bertz CT molecular complexity index is 1590. The van der Waals surface area contributed by atoms with Crippen LogP contribution in [0.5, 0.6) is 5.75 Å². The molecule has 8 nitrogen and oxygen atoms in total. The highest BCUT2D eigenvalue weighted by Crippen LogP contribution is 2.37. The van der Waals surface area contributed by atoms with Gasteiger partial charge < -0.3 is 15.0 Å². The van der Waals surface area contributed by atoms with Crippen molar-refractivity contribution in [1.29, 1.82) is 5.26 Å². The zero-order valence-corrected chi connectivity index (χ0v) is 21.1. The summed E-state index contributed by atoms with van der Waals surface area (Å²) in [5.74, 6) is -3.89. The van der Waals surface area contributed by atoms with Gasteiger partial charge in [0.05, 0.1) is 30.5 Å². The van der Waals surface area contributed by atoms with Gasteiger partial charge in [-0.2, -0.15) is 19.1 Å². The number of ether oxygens (including phenoxy) is 1. The quantitative estimate of drug-likeness (QED) is 0.363. The molecule has 2 heterocycles. The Morgan fingerprint density at radius 1 is 1.10 bits per heavy atom. The first kappa shape index (κ1) is 25.6. The fourth-order valence-electron chi connectivity index (χ4n) is 4.59.